The molecule has 0 saturated heterocycles. The second-order valence-electron chi connectivity index (χ2n) is 5.74. The number of aryl methyl sites for hydroxylation is 1. The van der Waals surface area contributed by atoms with E-state index in [0.717, 1.165) is 12.1 Å². The van der Waals surface area contributed by atoms with Crippen LogP contribution in [0.2, 0.25) is 0 Å². The molecule has 1 aromatic carbocycles. The summed E-state index contributed by atoms with van der Waals surface area (Å²) in [4.78, 5) is 0. The summed E-state index contributed by atoms with van der Waals surface area (Å²) in [6.07, 6.45) is -11.9. The number of rotatable bonds is 7. The first kappa shape index (κ1) is 23.4. The third kappa shape index (κ3) is 3.99. The first-order chi connectivity index (χ1) is 11.9. The molecule has 0 aliphatic rings. The molecule has 1 nitrogen and oxygen atoms in total. The van der Waals surface area contributed by atoms with E-state index in [-0.39, 0.29) is 0 Å². The van der Waals surface area contributed by atoms with Gasteiger partial charge in [0.2, 0.25) is 0 Å². The van der Waals surface area contributed by atoms with Crippen LogP contribution in [0.3, 0.4) is 0 Å². The van der Waals surface area contributed by atoms with Gasteiger partial charge < -0.3 is 5.11 Å². The van der Waals surface area contributed by atoms with Crippen molar-refractivity contribution in [1.82, 2.24) is 0 Å². The maximum absolute atomic E-state index is 13.6. The van der Waals surface area contributed by atoms with E-state index in [4.69, 9.17) is 0 Å². The highest BCUT2D eigenvalue weighted by molar-refractivity contribution is 5.25. The number of halogens is 11. The van der Waals surface area contributed by atoms with E-state index < -0.39 is 48.0 Å². The summed E-state index contributed by atoms with van der Waals surface area (Å²) in [7, 11) is 0. The van der Waals surface area contributed by atoms with Gasteiger partial charge in [0, 0.05) is 6.42 Å². The molecule has 1 N–H and O–H groups in total. The van der Waals surface area contributed by atoms with Crippen LogP contribution in [-0.4, -0.2) is 35.0 Å². The lowest BCUT2D eigenvalue weighted by Crippen LogP contribution is -2.66. The molecule has 1 atom stereocenters. The van der Waals surface area contributed by atoms with Crippen molar-refractivity contribution in [3.8, 4) is 0 Å². The van der Waals surface area contributed by atoms with Crippen molar-refractivity contribution >= 4 is 0 Å². The molecule has 1 rings (SSSR count). The van der Waals surface area contributed by atoms with Crippen molar-refractivity contribution in [2.24, 2.45) is 0 Å². The predicted octanol–water partition coefficient (Wildman–Crippen LogP) is 5.78. The molecule has 0 heterocycles. The molecular weight excluding hydrogens is 405 g/mol. The Kier molecular flexibility index (Phi) is 6.17. The summed E-state index contributed by atoms with van der Waals surface area (Å²) in [6.45, 7) is 1.61. The quantitative estimate of drug-likeness (QED) is 0.557. The Hall–Kier alpha value is -1.59. The molecule has 12 heteroatoms. The first-order valence-corrected chi connectivity index (χ1v) is 7.27. The van der Waals surface area contributed by atoms with Gasteiger partial charge in [-0.05, 0) is 17.5 Å². The number of hydrogen-bond donors (Lipinski definition) is 1. The van der Waals surface area contributed by atoms with Gasteiger partial charge >= 0.3 is 29.9 Å². The van der Waals surface area contributed by atoms with Crippen LogP contribution in [0.25, 0.3) is 0 Å². The summed E-state index contributed by atoms with van der Waals surface area (Å²) >= 11 is 0. The predicted molar refractivity (Wildman–Crippen MR) is 71.2 cm³/mol. The van der Waals surface area contributed by atoms with Crippen LogP contribution in [0.4, 0.5) is 48.3 Å². The van der Waals surface area contributed by atoms with Gasteiger partial charge in [-0.2, -0.15) is 48.3 Å². The Labute approximate surface area is 145 Å². The Morgan fingerprint density at radius 3 is 1.78 bits per heavy atom. The molecule has 156 valence electrons. The molecule has 1 unspecified atom stereocenters. The SMILES string of the molecule is CCc1cccc(C(O)CC(F)(F)C(F)(F)C(F)(F)C(F)(F)C(F)(F)F)c1. The van der Waals surface area contributed by atoms with Gasteiger partial charge in [0.25, 0.3) is 0 Å². The zero-order chi connectivity index (χ0) is 21.5. The fourth-order valence-electron chi connectivity index (χ4n) is 2.11. The molecular formula is C15H13F11O. The Bertz CT molecular complexity index is 651. The van der Waals surface area contributed by atoms with Crippen molar-refractivity contribution in [2.45, 2.75) is 55.7 Å². The van der Waals surface area contributed by atoms with Gasteiger partial charge in [-0.25, -0.2) is 0 Å². The van der Waals surface area contributed by atoms with Crippen LogP contribution in [0.15, 0.2) is 24.3 Å². The van der Waals surface area contributed by atoms with E-state index in [9.17, 15) is 53.4 Å². The summed E-state index contributed by atoms with van der Waals surface area (Å²) < 4.78 is 142. The van der Waals surface area contributed by atoms with Crippen molar-refractivity contribution in [3.63, 3.8) is 0 Å². The third-order valence-electron chi connectivity index (χ3n) is 3.80. The lowest BCUT2D eigenvalue weighted by atomic mass is 9.92. The van der Waals surface area contributed by atoms with Gasteiger partial charge in [-0.3, -0.25) is 0 Å². The summed E-state index contributed by atoms with van der Waals surface area (Å²) in [6, 6.07) is 4.73. The zero-order valence-electron chi connectivity index (χ0n) is 13.4. The van der Waals surface area contributed by atoms with Crippen LogP contribution in [0, 0.1) is 0 Å². The van der Waals surface area contributed by atoms with E-state index in [2.05, 4.69) is 0 Å². The number of alkyl halides is 11. The molecule has 0 spiro atoms. The molecule has 0 saturated carbocycles. The zero-order valence-corrected chi connectivity index (χ0v) is 13.4. The second kappa shape index (κ2) is 7.10. The molecule has 0 aliphatic carbocycles. The van der Waals surface area contributed by atoms with E-state index in [0.29, 0.717) is 12.0 Å². The average molecular weight is 418 g/mol. The largest absolute Gasteiger partial charge is 0.460 e. The fourth-order valence-corrected chi connectivity index (χ4v) is 2.11. The van der Waals surface area contributed by atoms with Crippen LogP contribution >= 0.6 is 0 Å². The molecule has 0 bridgehead atoms. The molecule has 1 aromatic rings. The van der Waals surface area contributed by atoms with Gasteiger partial charge in [0.05, 0.1) is 6.10 Å². The Balaban J connectivity index is 3.23. The standard InChI is InChI=1S/C15H13F11O/c1-2-8-4-3-5-9(6-8)10(27)7-11(16,17)12(18,19)13(20,21)14(22,23)15(24,25)26/h3-6,10,27H,2,7H2,1H3. The van der Waals surface area contributed by atoms with Gasteiger partial charge in [0.1, 0.15) is 0 Å². The fraction of sp³-hybridized carbons (Fsp3) is 0.600. The Morgan fingerprint density at radius 2 is 1.33 bits per heavy atom. The monoisotopic (exact) mass is 418 g/mol. The van der Waals surface area contributed by atoms with Gasteiger partial charge in [0.15, 0.2) is 0 Å². The number of aliphatic hydroxyl groups excluding tert-OH is 1. The molecule has 0 aliphatic heterocycles. The first-order valence-electron chi connectivity index (χ1n) is 7.27. The van der Waals surface area contributed by atoms with Crippen LogP contribution in [0.5, 0.6) is 0 Å². The minimum absolute atomic E-state index is 0.322. The lowest BCUT2D eigenvalue weighted by Gasteiger charge is -2.37. The van der Waals surface area contributed by atoms with Crippen molar-refractivity contribution in [2.75, 3.05) is 0 Å². The highest BCUT2D eigenvalue weighted by Gasteiger charge is 2.87. The van der Waals surface area contributed by atoms with Crippen molar-refractivity contribution in [1.29, 1.82) is 0 Å². The minimum atomic E-state index is -7.47. The van der Waals surface area contributed by atoms with Crippen LogP contribution in [-0.2, 0) is 6.42 Å². The summed E-state index contributed by atoms with van der Waals surface area (Å²) in [5.74, 6) is -28.1. The highest BCUT2D eigenvalue weighted by Crippen LogP contribution is 2.58. The minimum Gasteiger partial charge on any atom is -0.388 e. The smallest absolute Gasteiger partial charge is 0.388 e. The van der Waals surface area contributed by atoms with Crippen LogP contribution in [0.1, 0.15) is 30.6 Å². The topological polar surface area (TPSA) is 20.2 Å². The van der Waals surface area contributed by atoms with Crippen LogP contribution < -0.4 is 0 Å². The van der Waals surface area contributed by atoms with E-state index in [1.165, 1.54) is 12.1 Å². The van der Waals surface area contributed by atoms with E-state index >= 15 is 0 Å². The highest BCUT2D eigenvalue weighted by atomic mass is 19.4. The molecule has 0 amide bonds. The van der Waals surface area contributed by atoms with E-state index in [1.54, 1.807) is 6.92 Å². The normalized spacial score (nSPS) is 15.7. The second-order valence-corrected chi connectivity index (χ2v) is 5.74. The van der Waals surface area contributed by atoms with Gasteiger partial charge in [-0.1, -0.05) is 31.2 Å². The maximum Gasteiger partial charge on any atom is 0.460 e. The molecule has 0 fully saturated rings. The summed E-state index contributed by atoms with van der Waals surface area (Å²) in [5, 5.41) is 9.60. The van der Waals surface area contributed by atoms with Gasteiger partial charge in [-0.15, -0.1) is 0 Å². The van der Waals surface area contributed by atoms with Crippen molar-refractivity contribution < 1.29 is 53.4 Å². The number of benzene rings is 1. The Morgan fingerprint density at radius 1 is 0.815 bits per heavy atom. The molecule has 0 radical (unpaired) electrons. The average Bonchev–Trinajstić information content (AvgIpc) is 2.52. The maximum atomic E-state index is 13.6. The molecule has 27 heavy (non-hydrogen) atoms. The lowest BCUT2D eigenvalue weighted by molar-refractivity contribution is -0.423. The third-order valence-corrected chi connectivity index (χ3v) is 3.80. The van der Waals surface area contributed by atoms with Crippen molar-refractivity contribution in [3.05, 3.63) is 35.4 Å². The summed E-state index contributed by atoms with van der Waals surface area (Å²) in [5.41, 5.74) is 0.0197. The number of aliphatic hydroxyl groups is 1. The van der Waals surface area contributed by atoms with E-state index in [1.807, 2.05) is 0 Å². The number of hydrogen-bond acceptors (Lipinski definition) is 1. The molecule has 0 aromatic heterocycles.